The summed E-state index contributed by atoms with van der Waals surface area (Å²) in [6.45, 7) is 3.83. The van der Waals surface area contributed by atoms with Crippen LogP contribution in [0.4, 0.5) is 0 Å². The molecule has 1 aromatic heterocycles. The third-order valence-electron chi connectivity index (χ3n) is 2.55. The Hall–Kier alpha value is -2.61. The molecule has 0 aliphatic carbocycles. The van der Waals surface area contributed by atoms with E-state index in [1.807, 2.05) is 32.0 Å². The Labute approximate surface area is 103 Å². The summed E-state index contributed by atoms with van der Waals surface area (Å²) >= 11 is 0. The predicted molar refractivity (Wildman–Crippen MR) is 66.8 cm³/mol. The van der Waals surface area contributed by atoms with Gasteiger partial charge in [0.2, 0.25) is 0 Å². The average molecular weight is 241 g/mol. The molecule has 1 N–H and O–H groups in total. The number of hydrogen-bond donors (Lipinski definition) is 1. The molecule has 0 amide bonds. The van der Waals surface area contributed by atoms with Crippen molar-refractivity contribution in [2.24, 2.45) is 0 Å². The van der Waals surface area contributed by atoms with E-state index in [2.05, 4.69) is 4.98 Å². The Morgan fingerprint density at radius 2 is 1.78 bits per heavy atom. The van der Waals surface area contributed by atoms with Gasteiger partial charge >= 0.3 is 5.69 Å². The first-order valence-corrected chi connectivity index (χ1v) is 5.36. The molecule has 0 fully saturated rings. The van der Waals surface area contributed by atoms with Gasteiger partial charge in [-0.15, -0.1) is 0 Å². The van der Waals surface area contributed by atoms with E-state index in [1.54, 1.807) is 6.07 Å². The van der Waals surface area contributed by atoms with Gasteiger partial charge in [0, 0.05) is 6.20 Å². The lowest BCUT2D eigenvalue weighted by molar-refractivity contribution is 0.887. The minimum absolute atomic E-state index is 0.0891. The molecule has 5 nitrogen and oxygen atoms in total. The number of nitriles is 1. The molecule has 0 bridgehead atoms. The molecule has 1 aromatic carbocycles. The van der Waals surface area contributed by atoms with Crippen molar-refractivity contribution in [2.45, 2.75) is 13.8 Å². The van der Waals surface area contributed by atoms with Gasteiger partial charge in [0.05, 0.1) is 5.69 Å². The van der Waals surface area contributed by atoms with Gasteiger partial charge in [0.15, 0.2) is 0 Å². The number of aromatic amines is 1. The van der Waals surface area contributed by atoms with Crippen LogP contribution in [-0.4, -0.2) is 9.55 Å². The van der Waals surface area contributed by atoms with Crippen LogP contribution in [0.1, 0.15) is 16.7 Å². The van der Waals surface area contributed by atoms with Crippen LogP contribution >= 0.6 is 0 Å². The van der Waals surface area contributed by atoms with E-state index in [4.69, 9.17) is 5.26 Å². The number of aromatic nitrogens is 2. The minimum Gasteiger partial charge on any atom is -0.273 e. The van der Waals surface area contributed by atoms with E-state index in [-0.39, 0.29) is 5.56 Å². The number of aryl methyl sites for hydroxylation is 2. The van der Waals surface area contributed by atoms with Crippen molar-refractivity contribution in [1.29, 1.82) is 5.26 Å². The number of rotatable bonds is 1. The maximum atomic E-state index is 11.7. The van der Waals surface area contributed by atoms with Gasteiger partial charge in [0.1, 0.15) is 11.6 Å². The van der Waals surface area contributed by atoms with Gasteiger partial charge in [-0.3, -0.25) is 14.3 Å². The van der Waals surface area contributed by atoms with E-state index in [0.717, 1.165) is 11.1 Å². The van der Waals surface area contributed by atoms with E-state index in [1.165, 1.54) is 10.8 Å². The van der Waals surface area contributed by atoms with E-state index in [9.17, 15) is 9.59 Å². The fraction of sp³-hybridized carbons (Fsp3) is 0.154. The van der Waals surface area contributed by atoms with Crippen molar-refractivity contribution in [2.75, 3.05) is 0 Å². The van der Waals surface area contributed by atoms with Crippen LogP contribution in [0.15, 0.2) is 34.0 Å². The second kappa shape index (κ2) is 4.34. The zero-order valence-corrected chi connectivity index (χ0v) is 10.0. The van der Waals surface area contributed by atoms with Gasteiger partial charge in [-0.05, 0) is 37.1 Å². The Morgan fingerprint density at radius 3 is 2.33 bits per heavy atom. The largest absolute Gasteiger partial charge is 0.332 e. The van der Waals surface area contributed by atoms with Crippen molar-refractivity contribution >= 4 is 0 Å². The fourth-order valence-corrected chi connectivity index (χ4v) is 1.83. The number of H-pyrrole nitrogens is 1. The highest BCUT2D eigenvalue weighted by Gasteiger charge is 2.06. The third kappa shape index (κ3) is 2.09. The van der Waals surface area contributed by atoms with Crippen molar-refractivity contribution < 1.29 is 0 Å². The molecule has 0 aliphatic rings. The van der Waals surface area contributed by atoms with Gasteiger partial charge in [-0.2, -0.15) is 5.26 Å². The predicted octanol–water partition coefficient (Wildman–Crippen LogP) is 1.01. The topological polar surface area (TPSA) is 78.7 Å². The highest BCUT2D eigenvalue weighted by Crippen LogP contribution is 2.11. The summed E-state index contributed by atoms with van der Waals surface area (Å²) in [6.07, 6.45) is 1.26. The van der Waals surface area contributed by atoms with Crippen LogP contribution in [0.2, 0.25) is 0 Å². The Balaban J connectivity index is 2.75. The van der Waals surface area contributed by atoms with Crippen molar-refractivity contribution in [1.82, 2.24) is 9.55 Å². The molecule has 0 radical (unpaired) electrons. The van der Waals surface area contributed by atoms with Crippen LogP contribution in [0, 0.1) is 25.2 Å². The Bertz CT molecular complexity index is 743. The maximum absolute atomic E-state index is 11.7. The SMILES string of the molecule is Cc1cc(C)cc(-n2cc(C#N)c(=O)[nH]c2=O)c1. The first-order valence-electron chi connectivity index (χ1n) is 5.36. The summed E-state index contributed by atoms with van der Waals surface area (Å²) in [4.78, 5) is 25.2. The second-order valence-corrected chi connectivity index (χ2v) is 4.13. The number of hydrogen-bond acceptors (Lipinski definition) is 3. The molecular weight excluding hydrogens is 230 g/mol. The number of nitrogens with one attached hydrogen (secondary N) is 1. The van der Waals surface area contributed by atoms with Gasteiger partial charge in [0.25, 0.3) is 5.56 Å². The summed E-state index contributed by atoms with van der Waals surface area (Å²) in [5.41, 5.74) is 1.33. The first kappa shape index (κ1) is 11.9. The molecule has 18 heavy (non-hydrogen) atoms. The summed E-state index contributed by atoms with van der Waals surface area (Å²) in [7, 11) is 0. The molecule has 1 heterocycles. The van der Waals surface area contributed by atoms with Crippen LogP contribution in [-0.2, 0) is 0 Å². The number of benzene rings is 1. The summed E-state index contributed by atoms with van der Waals surface area (Å²) < 4.78 is 1.26. The number of nitrogens with zero attached hydrogens (tertiary/aromatic N) is 2. The first-order chi connectivity index (χ1) is 8.51. The molecule has 0 saturated carbocycles. The fourth-order valence-electron chi connectivity index (χ4n) is 1.83. The molecule has 0 spiro atoms. The molecule has 0 unspecified atom stereocenters. The molecule has 2 aromatic rings. The Kier molecular flexibility index (Phi) is 2.86. The summed E-state index contributed by atoms with van der Waals surface area (Å²) in [6, 6.07) is 7.36. The minimum atomic E-state index is -0.664. The maximum Gasteiger partial charge on any atom is 0.332 e. The molecule has 0 atom stereocenters. The van der Waals surface area contributed by atoms with E-state index >= 15 is 0 Å². The Morgan fingerprint density at radius 1 is 1.17 bits per heavy atom. The molecule has 5 heteroatoms. The highest BCUT2D eigenvalue weighted by molar-refractivity contribution is 5.40. The monoisotopic (exact) mass is 241 g/mol. The lowest BCUT2D eigenvalue weighted by atomic mass is 10.1. The van der Waals surface area contributed by atoms with Gasteiger partial charge < -0.3 is 0 Å². The van der Waals surface area contributed by atoms with Crippen LogP contribution in [0.3, 0.4) is 0 Å². The third-order valence-corrected chi connectivity index (χ3v) is 2.55. The summed E-state index contributed by atoms with van der Waals surface area (Å²) in [5, 5.41) is 8.80. The van der Waals surface area contributed by atoms with Gasteiger partial charge in [-0.1, -0.05) is 6.07 Å². The zero-order valence-electron chi connectivity index (χ0n) is 10.0. The smallest absolute Gasteiger partial charge is 0.273 e. The summed E-state index contributed by atoms with van der Waals surface area (Å²) in [5.74, 6) is 0. The molecule has 90 valence electrons. The molecule has 0 aliphatic heterocycles. The second-order valence-electron chi connectivity index (χ2n) is 4.13. The molecular formula is C13H11N3O2. The lowest BCUT2D eigenvalue weighted by Gasteiger charge is -2.07. The van der Waals surface area contributed by atoms with Gasteiger partial charge in [-0.25, -0.2) is 4.79 Å². The van der Waals surface area contributed by atoms with Crippen molar-refractivity contribution in [3.63, 3.8) is 0 Å². The van der Waals surface area contributed by atoms with E-state index < -0.39 is 11.2 Å². The zero-order chi connectivity index (χ0) is 13.3. The van der Waals surface area contributed by atoms with E-state index in [0.29, 0.717) is 5.69 Å². The standard InChI is InChI=1S/C13H11N3O2/c1-8-3-9(2)5-11(4-8)16-7-10(6-14)12(17)15-13(16)18/h3-5,7H,1-2H3,(H,15,17,18). The van der Waals surface area contributed by atoms with Crippen molar-refractivity contribution in [3.8, 4) is 11.8 Å². The van der Waals surface area contributed by atoms with Crippen molar-refractivity contribution in [3.05, 3.63) is 61.9 Å². The van der Waals surface area contributed by atoms with Crippen LogP contribution in [0.5, 0.6) is 0 Å². The lowest BCUT2D eigenvalue weighted by Crippen LogP contribution is -2.30. The quantitative estimate of drug-likeness (QED) is 0.809. The van der Waals surface area contributed by atoms with Crippen LogP contribution < -0.4 is 11.2 Å². The van der Waals surface area contributed by atoms with Crippen LogP contribution in [0.25, 0.3) is 5.69 Å². The molecule has 2 rings (SSSR count). The normalized spacial score (nSPS) is 10.1. The highest BCUT2D eigenvalue weighted by atomic mass is 16.2. The molecule has 0 saturated heterocycles. The average Bonchev–Trinajstić information content (AvgIpc) is 2.27.